The molecule has 0 saturated heterocycles. The van der Waals surface area contributed by atoms with E-state index in [4.69, 9.17) is 0 Å². The standard InChI is InChI=1S/C24H20N4O3S2/c1-15-5-3-6-16(2)23(15)27-22(29)14-32-24-26-20-10-9-18(12-21(20)33-24)25-13-17-7-4-8-19(11-17)28(30)31/h3-13H,14H2,1-2H3,(H,27,29). The van der Waals surface area contributed by atoms with Crippen LogP contribution in [0.25, 0.3) is 10.2 Å². The summed E-state index contributed by atoms with van der Waals surface area (Å²) in [6.45, 7) is 3.95. The Kier molecular flexibility index (Phi) is 6.81. The summed E-state index contributed by atoms with van der Waals surface area (Å²) in [6, 6.07) is 17.9. The van der Waals surface area contributed by atoms with Crippen molar-refractivity contribution in [1.82, 2.24) is 4.98 Å². The van der Waals surface area contributed by atoms with E-state index in [9.17, 15) is 14.9 Å². The predicted molar refractivity (Wildman–Crippen MR) is 135 cm³/mol. The maximum absolute atomic E-state index is 12.4. The average Bonchev–Trinajstić information content (AvgIpc) is 3.21. The highest BCUT2D eigenvalue weighted by Crippen LogP contribution is 2.32. The summed E-state index contributed by atoms with van der Waals surface area (Å²) in [5.41, 5.74) is 5.17. The molecule has 0 unspecified atom stereocenters. The number of nitrogens with one attached hydrogen (secondary N) is 1. The number of rotatable bonds is 7. The van der Waals surface area contributed by atoms with Crippen LogP contribution in [0.1, 0.15) is 16.7 Å². The topological polar surface area (TPSA) is 97.5 Å². The molecule has 3 aromatic carbocycles. The number of hydrogen-bond donors (Lipinski definition) is 1. The minimum Gasteiger partial charge on any atom is -0.325 e. The number of anilines is 1. The van der Waals surface area contributed by atoms with Gasteiger partial charge in [-0.05, 0) is 48.7 Å². The number of nitrogens with zero attached hydrogens (tertiary/aromatic N) is 3. The summed E-state index contributed by atoms with van der Waals surface area (Å²) < 4.78 is 1.77. The Bertz CT molecular complexity index is 1360. The fourth-order valence-corrected chi connectivity index (χ4v) is 5.12. The molecule has 0 saturated carbocycles. The van der Waals surface area contributed by atoms with E-state index in [1.807, 2.05) is 50.2 Å². The van der Waals surface area contributed by atoms with Gasteiger partial charge in [-0.2, -0.15) is 0 Å². The summed E-state index contributed by atoms with van der Waals surface area (Å²) in [5.74, 6) is 0.199. The number of nitro benzene ring substituents is 1. The number of nitro groups is 1. The highest BCUT2D eigenvalue weighted by molar-refractivity contribution is 8.01. The SMILES string of the molecule is Cc1cccc(C)c1NC(=O)CSc1nc2ccc(N=Cc3cccc([N+](=O)[O-])c3)cc2s1. The molecule has 0 aliphatic carbocycles. The Balaban J connectivity index is 1.42. The first-order valence-electron chi connectivity index (χ1n) is 10.1. The monoisotopic (exact) mass is 476 g/mol. The van der Waals surface area contributed by atoms with Crippen LogP contribution in [0.4, 0.5) is 17.1 Å². The first kappa shape index (κ1) is 22.6. The maximum Gasteiger partial charge on any atom is 0.270 e. The molecule has 7 nitrogen and oxygen atoms in total. The van der Waals surface area contributed by atoms with Crippen molar-refractivity contribution in [2.45, 2.75) is 18.2 Å². The predicted octanol–water partition coefficient (Wildman–Crippen LogP) is 6.30. The van der Waals surface area contributed by atoms with Gasteiger partial charge in [0.2, 0.25) is 5.91 Å². The van der Waals surface area contributed by atoms with E-state index in [0.717, 1.165) is 37.1 Å². The average molecular weight is 477 g/mol. The molecule has 1 amide bonds. The minimum absolute atomic E-state index is 0.0279. The van der Waals surface area contributed by atoms with Gasteiger partial charge in [-0.3, -0.25) is 19.9 Å². The quantitative estimate of drug-likeness (QED) is 0.146. The minimum atomic E-state index is -0.428. The Labute approximate surface area is 198 Å². The van der Waals surface area contributed by atoms with E-state index in [1.165, 1.54) is 35.2 Å². The number of hydrogen-bond acceptors (Lipinski definition) is 7. The molecule has 1 heterocycles. The van der Waals surface area contributed by atoms with E-state index in [2.05, 4.69) is 15.3 Å². The van der Waals surface area contributed by atoms with Crippen LogP contribution in [0.3, 0.4) is 0 Å². The molecule has 0 bridgehead atoms. The zero-order chi connectivity index (χ0) is 23.4. The lowest BCUT2D eigenvalue weighted by atomic mass is 10.1. The second-order valence-electron chi connectivity index (χ2n) is 7.35. The van der Waals surface area contributed by atoms with E-state index in [0.29, 0.717) is 5.56 Å². The van der Waals surface area contributed by atoms with Crippen LogP contribution in [0.5, 0.6) is 0 Å². The normalized spacial score (nSPS) is 11.2. The van der Waals surface area contributed by atoms with Gasteiger partial charge >= 0.3 is 0 Å². The van der Waals surface area contributed by atoms with Crippen LogP contribution in [0, 0.1) is 24.0 Å². The molecule has 0 radical (unpaired) electrons. The fraction of sp³-hybridized carbons (Fsp3) is 0.125. The van der Waals surface area contributed by atoms with E-state index >= 15 is 0 Å². The molecule has 166 valence electrons. The number of carbonyl (C=O) groups excluding carboxylic acids is 1. The Morgan fingerprint density at radius 1 is 1.15 bits per heavy atom. The van der Waals surface area contributed by atoms with Gasteiger partial charge in [-0.25, -0.2) is 4.98 Å². The molecule has 0 aliphatic rings. The number of benzene rings is 3. The number of para-hydroxylation sites is 1. The van der Waals surface area contributed by atoms with Crippen molar-refractivity contribution in [2.24, 2.45) is 4.99 Å². The molecule has 0 aliphatic heterocycles. The molecule has 0 atom stereocenters. The molecule has 0 spiro atoms. The van der Waals surface area contributed by atoms with Gasteiger partial charge in [-0.1, -0.05) is 42.1 Å². The van der Waals surface area contributed by atoms with Crippen LogP contribution >= 0.6 is 23.1 Å². The molecule has 4 aromatic rings. The number of aliphatic imine (C=N–C) groups is 1. The molecule has 1 N–H and O–H groups in total. The van der Waals surface area contributed by atoms with Crippen molar-refractivity contribution in [3.05, 3.63) is 87.5 Å². The van der Waals surface area contributed by atoms with Crippen LogP contribution in [0.2, 0.25) is 0 Å². The second kappa shape index (κ2) is 9.93. The van der Waals surface area contributed by atoms with E-state index in [1.54, 1.807) is 18.3 Å². The molecule has 9 heteroatoms. The zero-order valence-electron chi connectivity index (χ0n) is 17.9. The van der Waals surface area contributed by atoms with Crippen LogP contribution < -0.4 is 5.32 Å². The van der Waals surface area contributed by atoms with Crippen molar-refractivity contribution in [2.75, 3.05) is 11.1 Å². The molecule has 33 heavy (non-hydrogen) atoms. The van der Waals surface area contributed by atoms with Crippen molar-refractivity contribution >= 4 is 62.5 Å². The lowest BCUT2D eigenvalue weighted by Gasteiger charge is -2.10. The molecular weight excluding hydrogens is 456 g/mol. The van der Waals surface area contributed by atoms with Crippen LogP contribution in [0.15, 0.2) is 70.0 Å². The van der Waals surface area contributed by atoms with E-state index in [-0.39, 0.29) is 17.3 Å². The number of non-ortho nitro benzene ring substituents is 1. The Morgan fingerprint density at radius 2 is 1.91 bits per heavy atom. The number of aromatic nitrogens is 1. The third kappa shape index (κ3) is 5.63. The number of fused-ring (bicyclic) bond motifs is 1. The lowest BCUT2D eigenvalue weighted by Crippen LogP contribution is -2.15. The summed E-state index contributed by atoms with van der Waals surface area (Å²) in [5, 5.41) is 13.9. The Hall–Kier alpha value is -3.56. The maximum atomic E-state index is 12.4. The lowest BCUT2D eigenvalue weighted by molar-refractivity contribution is -0.384. The molecule has 0 fully saturated rings. The number of thioether (sulfide) groups is 1. The Morgan fingerprint density at radius 3 is 2.67 bits per heavy atom. The number of aryl methyl sites for hydroxylation is 2. The van der Waals surface area contributed by atoms with Gasteiger partial charge in [0.15, 0.2) is 4.34 Å². The van der Waals surface area contributed by atoms with Gasteiger partial charge < -0.3 is 5.32 Å². The number of amides is 1. The largest absolute Gasteiger partial charge is 0.325 e. The van der Waals surface area contributed by atoms with Crippen LogP contribution in [-0.4, -0.2) is 27.8 Å². The second-order valence-corrected chi connectivity index (χ2v) is 9.60. The smallest absolute Gasteiger partial charge is 0.270 e. The van der Waals surface area contributed by atoms with Gasteiger partial charge in [-0.15, -0.1) is 11.3 Å². The fourth-order valence-electron chi connectivity index (χ4n) is 3.22. The first-order valence-corrected chi connectivity index (χ1v) is 11.9. The highest BCUT2D eigenvalue weighted by Gasteiger charge is 2.11. The van der Waals surface area contributed by atoms with Gasteiger partial charge in [0.1, 0.15) is 0 Å². The third-order valence-corrected chi connectivity index (χ3v) is 7.03. The zero-order valence-corrected chi connectivity index (χ0v) is 19.6. The van der Waals surface area contributed by atoms with Crippen molar-refractivity contribution in [3.8, 4) is 0 Å². The summed E-state index contributed by atoms with van der Waals surface area (Å²) in [7, 11) is 0. The van der Waals surface area contributed by atoms with Crippen molar-refractivity contribution in [1.29, 1.82) is 0 Å². The summed E-state index contributed by atoms with van der Waals surface area (Å²) in [4.78, 5) is 31.9. The molecule has 4 rings (SSSR count). The molecular formula is C24H20N4O3S2. The van der Waals surface area contributed by atoms with Gasteiger partial charge in [0.25, 0.3) is 5.69 Å². The van der Waals surface area contributed by atoms with Crippen molar-refractivity contribution < 1.29 is 9.72 Å². The summed E-state index contributed by atoms with van der Waals surface area (Å²) in [6.07, 6.45) is 1.60. The van der Waals surface area contributed by atoms with Gasteiger partial charge in [0.05, 0.1) is 26.6 Å². The molecule has 1 aromatic heterocycles. The highest BCUT2D eigenvalue weighted by atomic mass is 32.2. The van der Waals surface area contributed by atoms with Gasteiger partial charge in [0, 0.05) is 24.0 Å². The first-order chi connectivity index (χ1) is 15.9. The van der Waals surface area contributed by atoms with Crippen LogP contribution in [-0.2, 0) is 4.79 Å². The number of carbonyl (C=O) groups is 1. The van der Waals surface area contributed by atoms with Crippen molar-refractivity contribution in [3.63, 3.8) is 0 Å². The third-order valence-electron chi connectivity index (χ3n) is 4.87. The van der Waals surface area contributed by atoms with E-state index < -0.39 is 4.92 Å². The summed E-state index contributed by atoms with van der Waals surface area (Å²) >= 11 is 2.90. The number of thiazole rings is 1.